The van der Waals surface area contributed by atoms with Crippen molar-refractivity contribution in [1.82, 2.24) is 15.1 Å². The first-order valence-electron chi connectivity index (χ1n) is 7.27. The molecule has 0 bridgehead atoms. The van der Waals surface area contributed by atoms with Crippen molar-refractivity contribution in [3.63, 3.8) is 0 Å². The summed E-state index contributed by atoms with van der Waals surface area (Å²) in [6.07, 6.45) is 3.89. The third kappa shape index (κ3) is 4.58. The zero-order chi connectivity index (χ0) is 16.0. The summed E-state index contributed by atoms with van der Waals surface area (Å²) in [6, 6.07) is 0. The number of ether oxygens (including phenoxy) is 1. The lowest BCUT2D eigenvalue weighted by atomic mass is 9.88. The Morgan fingerprint density at radius 2 is 2.14 bits per heavy atom. The molecule has 0 radical (unpaired) electrons. The van der Waals surface area contributed by atoms with E-state index in [1.54, 1.807) is 24.7 Å². The SMILES string of the molecule is CCOC(=O)[C@](C)(NC(=O)CCn1cc(C)cn1)C(C)C. The van der Waals surface area contributed by atoms with Crippen molar-refractivity contribution in [1.29, 1.82) is 0 Å². The zero-order valence-corrected chi connectivity index (χ0v) is 13.5. The van der Waals surface area contributed by atoms with E-state index in [4.69, 9.17) is 4.74 Å². The molecule has 0 spiro atoms. The van der Waals surface area contributed by atoms with Gasteiger partial charge in [-0.1, -0.05) is 13.8 Å². The number of esters is 1. The predicted octanol–water partition coefficient (Wildman–Crippen LogP) is 1.68. The number of aryl methyl sites for hydroxylation is 2. The molecular weight excluding hydrogens is 270 g/mol. The Labute approximate surface area is 125 Å². The van der Waals surface area contributed by atoms with Crippen LogP contribution in [0, 0.1) is 12.8 Å². The fraction of sp³-hybridized carbons (Fsp3) is 0.667. The molecule has 1 amide bonds. The first-order chi connectivity index (χ1) is 9.79. The summed E-state index contributed by atoms with van der Waals surface area (Å²) >= 11 is 0. The van der Waals surface area contributed by atoms with Gasteiger partial charge in [-0.25, -0.2) is 4.79 Å². The van der Waals surface area contributed by atoms with Crippen molar-refractivity contribution in [3.8, 4) is 0 Å². The van der Waals surface area contributed by atoms with Crippen LogP contribution >= 0.6 is 0 Å². The first kappa shape index (κ1) is 17.2. The predicted molar refractivity (Wildman–Crippen MR) is 79.6 cm³/mol. The third-order valence-corrected chi connectivity index (χ3v) is 3.58. The maximum Gasteiger partial charge on any atom is 0.331 e. The largest absolute Gasteiger partial charge is 0.464 e. The lowest BCUT2D eigenvalue weighted by Gasteiger charge is -2.32. The quantitative estimate of drug-likeness (QED) is 0.777. The fourth-order valence-electron chi connectivity index (χ4n) is 1.87. The summed E-state index contributed by atoms with van der Waals surface area (Å²) in [5, 5.41) is 6.93. The van der Waals surface area contributed by atoms with Gasteiger partial charge in [0.05, 0.1) is 12.8 Å². The molecule has 0 aliphatic rings. The van der Waals surface area contributed by atoms with Crippen LogP contribution < -0.4 is 5.32 Å². The van der Waals surface area contributed by atoms with Crippen LogP contribution in [0.5, 0.6) is 0 Å². The van der Waals surface area contributed by atoms with E-state index in [-0.39, 0.29) is 18.2 Å². The van der Waals surface area contributed by atoms with Gasteiger partial charge in [0.25, 0.3) is 0 Å². The normalized spacial score (nSPS) is 13.8. The smallest absolute Gasteiger partial charge is 0.331 e. The molecule has 0 fully saturated rings. The van der Waals surface area contributed by atoms with Crippen LogP contribution in [0.3, 0.4) is 0 Å². The van der Waals surface area contributed by atoms with Crippen LogP contribution in [0.4, 0.5) is 0 Å². The Balaban J connectivity index is 2.62. The Bertz CT molecular complexity index is 496. The van der Waals surface area contributed by atoms with Crippen LogP contribution in [0.1, 0.15) is 39.7 Å². The number of carbonyl (C=O) groups excluding carboxylic acids is 2. The molecule has 1 atom stereocenters. The molecule has 0 aliphatic heterocycles. The summed E-state index contributed by atoms with van der Waals surface area (Å²) in [5.74, 6) is -0.650. The van der Waals surface area contributed by atoms with Crippen LogP contribution in [-0.2, 0) is 20.9 Å². The Morgan fingerprint density at radius 3 is 2.62 bits per heavy atom. The molecule has 118 valence electrons. The topological polar surface area (TPSA) is 73.2 Å². The molecule has 0 unspecified atom stereocenters. The second-order valence-corrected chi connectivity index (χ2v) is 5.66. The van der Waals surface area contributed by atoms with Gasteiger partial charge >= 0.3 is 5.97 Å². The average Bonchev–Trinajstić information content (AvgIpc) is 2.82. The summed E-state index contributed by atoms with van der Waals surface area (Å²) in [6.45, 7) is 9.94. The minimum absolute atomic E-state index is 0.0625. The first-order valence-corrected chi connectivity index (χ1v) is 7.27. The summed E-state index contributed by atoms with van der Waals surface area (Å²) in [5.41, 5.74) is 0.0431. The highest BCUT2D eigenvalue weighted by Crippen LogP contribution is 2.18. The molecule has 1 aromatic heterocycles. The van der Waals surface area contributed by atoms with Gasteiger partial charge in [-0.2, -0.15) is 5.10 Å². The lowest BCUT2D eigenvalue weighted by Crippen LogP contribution is -2.56. The van der Waals surface area contributed by atoms with Gasteiger partial charge in [-0.3, -0.25) is 9.48 Å². The summed E-state index contributed by atoms with van der Waals surface area (Å²) < 4.78 is 6.78. The molecule has 1 rings (SSSR count). The highest BCUT2D eigenvalue weighted by molar-refractivity contribution is 5.88. The molecular formula is C15H25N3O3. The molecule has 1 heterocycles. The monoisotopic (exact) mass is 295 g/mol. The van der Waals surface area contributed by atoms with Crippen molar-refractivity contribution < 1.29 is 14.3 Å². The second-order valence-electron chi connectivity index (χ2n) is 5.66. The molecule has 1 aromatic rings. The number of carbonyl (C=O) groups is 2. The van der Waals surface area contributed by atoms with E-state index in [2.05, 4.69) is 10.4 Å². The van der Waals surface area contributed by atoms with Gasteiger partial charge in [0, 0.05) is 19.2 Å². The van der Waals surface area contributed by atoms with Crippen molar-refractivity contribution in [2.45, 2.75) is 53.1 Å². The van der Waals surface area contributed by atoms with Gasteiger partial charge in [0.15, 0.2) is 0 Å². The van der Waals surface area contributed by atoms with Gasteiger partial charge < -0.3 is 10.1 Å². The number of hydrogen-bond donors (Lipinski definition) is 1. The van der Waals surface area contributed by atoms with Gasteiger partial charge in [0.1, 0.15) is 5.54 Å². The third-order valence-electron chi connectivity index (χ3n) is 3.58. The highest BCUT2D eigenvalue weighted by atomic mass is 16.5. The minimum atomic E-state index is -1.01. The van der Waals surface area contributed by atoms with E-state index in [1.165, 1.54) is 0 Å². The Kier molecular flexibility index (Phi) is 5.93. The molecule has 0 aromatic carbocycles. The van der Waals surface area contributed by atoms with E-state index < -0.39 is 11.5 Å². The molecule has 0 saturated carbocycles. The highest BCUT2D eigenvalue weighted by Gasteiger charge is 2.39. The van der Waals surface area contributed by atoms with Gasteiger partial charge in [-0.05, 0) is 32.3 Å². The summed E-state index contributed by atoms with van der Waals surface area (Å²) in [7, 11) is 0. The molecule has 0 saturated heterocycles. The standard InChI is InChI=1S/C15H25N3O3/c1-6-21-14(20)15(5,11(2)3)17-13(19)7-8-18-10-12(4)9-16-18/h9-11H,6-8H2,1-5H3,(H,17,19)/t15-/m1/s1. The van der Waals surface area contributed by atoms with E-state index in [1.807, 2.05) is 27.0 Å². The lowest BCUT2D eigenvalue weighted by molar-refractivity contribution is -0.154. The fourth-order valence-corrected chi connectivity index (χ4v) is 1.87. The Morgan fingerprint density at radius 1 is 1.48 bits per heavy atom. The van der Waals surface area contributed by atoms with E-state index in [0.717, 1.165) is 5.56 Å². The average molecular weight is 295 g/mol. The van der Waals surface area contributed by atoms with Crippen LogP contribution in [0.25, 0.3) is 0 Å². The van der Waals surface area contributed by atoms with Gasteiger partial charge in [-0.15, -0.1) is 0 Å². The maximum absolute atomic E-state index is 12.1. The number of nitrogens with one attached hydrogen (secondary N) is 1. The Hall–Kier alpha value is -1.85. The van der Waals surface area contributed by atoms with E-state index in [9.17, 15) is 9.59 Å². The van der Waals surface area contributed by atoms with Crippen LogP contribution in [0.15, 0.2) is 12.4 Å². The number of aromatic nitrogens is 2. The second kappa shape index (κ2) is 7.24. The van der Waals surface area contributed by atoms with Crippen molar-refractivity contribution in [2.75, 3.05) is 6.61 Å². The van der Waals surface area contributed by atoms with Gasteiger partial charge in [0.2, 0.25) is 5.91 Å². The van der Waals surface area contributed by atoms with Crippen LogP contribution in [0.2, 0.25) is 0 Å². The number of hydrogen-bond acceptors (Lipinski definition) is 4. The zero-order valence-electron chi connectivity index (χ0n) is 13.5. The molecule has 21 heavy (non-hydrogen) atoms. The molecule has 1 N–H and O–H groups in total. The number of nitrogens with zero attached hydrogens (tertiary/aromatic N) is 2. The molecule has 6 nitrogen and oxygen atoms in total. The molecule has 6 heteroatoms. The van der Waals surface area contributed by atoms with E-state index >= 15 is 0 Å². The van der Waals surface area contributed by atoms with Crippen molar-refractivity contribution in [3.05, 3.63) is 18.0 Å². The number of amides is 1. The molecule has 0 aliphatic carbocycles. The maximum atomic E-state index is 12.1. The van der Waals surface area contributed by atoms with Crippen LogP contribution in [-0.4, -0.2) is 33.8 Å². The number of rotatable bonds is 7. The summed E-state index contributed by atoms with van der Waals surface area (Å²) in [4.78, 5) is 24.2. The minimum Gasteiger partial charge on any atom is -0.464 e. The van der Waals surface area contributed by atoms with Crippen molar-refractivity contribution >= 4 is 11.9 Å². The van der Waals surface area contributed by atoms with Crippen molar-refractivity contribution in [2.24, 2.45) is 5.92 Å². The van der Waals surface area contributed by atoms with E-state index in [0.29, 0.717) is 13.2 Å².